The van der Waals surface area contributed by atoms with E-state index in [9.17, 15) is 0 Å². The van der Waals surface area contributed by atoms with E-state index in [1.807, 2.05) is 38.1 Å². The molecule has 1 aromatic heterocycles. The van der Waals surface area contributed by atoms with Crippen LogP contribution in [0.3, 0.4) is 0 Å². The van der Waals surface area contributed by atoms with Crippen molar-refractivity contribution >= 4 is 28.3 Å². The Morgan fingerprint density at radius 2 is 1.70 bits per heavy atom. The third kappa shape index (κ3) is 2.89. The number of hydrogen-bond acceptors (Lipinski definition) is 3. The Morgan fingerprint density at radius 1 is 1.00 bits per heavy atom. The first-order valence-electron chi connectivity index (χ1n) is 6.51. The number of para-hydroxylation sites is 2. The summed E-state index contributed by atoms with van der Waals surface area (Å²) in [6, 6.07) is 13.1. The van der Waals surface area contributed by atoms with Crippen LogP contribution in [0.15, 0.2) is 48.7 Å². The molecule has 4 heteroatoms. The number of halogens is 1. The van der Waals surface area contributed by atoms with Gasteiger partial charge in [0.15, 0.2) is 0 Å². The number of nitrogen functional groups attached to an aromatic ring is 1. The number of hydrogen-bond donors (Lipinski definition) is 1. The van der Waals surface area contributed by atoms with Gasteiger partial charge >= 0.3 is 0 Å². The number of fused-ring (bicyclic) bond motifs is 1. The van der Waals surface area contributed by atoms with E-state index in [-0.39, 0.29) is 0 Å². The van der Waals surface area contributed by atoms with Gasteiger partial charge in [0.05, 0.1) is 27.9 Å². The summed E-state index contributed by atoms with van der Waals surface area (Å²) in [7, 11) is 0. The first-order valence-corrected chi connectivity index (χ1v) is 6.89. The summed E-state index contributed by atoms with van der Waals surface area (Å²) in [5.41, 5.74) is 9.66. The largest absolute Gasteiger partial charge is 0.399 e. The summed E-state index contributed by atoms with van der Waals surface area (Å²) in [5.74, 6) is 0. The van der Waals surface area contributed by atoms with Gasteiger partial charge in [-0.15, -0.1) is 0 Å². The Hall–Kier alpha value is -2.13. The molecule has 0 amide bonds. The van der Waals surface area contributed by atoms with Crippen molar-refractivity contribution in [2.45, 2.75) is 13.8 Å². The first kappa shape index (κ1) is 14.3. The second-order valence-electron chi connectivity index (χ2n) is 3.98. The highest BCUT2D eigenvalue weighted by atomic mass is 35.5. The highest BCUT2D eigenvalue weighted by Crippen LogP contribution is 2.28. The van der Waals surface area contributed by atoms with E-state index < -0.39 is 0 Å². The SMILES string of the molecule is CC.Nc1ccc(Cl)c(-c2cnc3ccccc3n2)c1. The Kier molecular flexibility index (Phi) is 4.53. The van der Waals surface area contributed by atoms with Crippen molar-refractivity contribution in [2.75, 3.05) is 5.73 Å². The van der Waals surface area contributed by atoms with Crippen molar-refractivity contribution in [3.8, 4) is 11.3 Å². The fourth-order valence-corrected chi connectivity index (χ4v) is 2.04. The molecule has 0 fully saturated rings. The maximum absolute atomic E-state index is 6.16. The quantitative estimate of drug-likeness (QED) is 0.667. The van der Waals surface area contributed by atoms with Crippen LogP contribution >= 0.6 is 11.6 Å². The zero-order chi connectivity index (χ0) is 14.5. The van der Waals surface area contributed by atoms with Crippen LogP contribution < -0.4 is 5.73 Å². The smallest absolute Gasteiger partial charge is 0.0908 e. The average molecular weight is 286 g/mol. The van der Waals surface area contributed by atoms with Gasteiger partial charge in [0.2, 0.25) is 0 Å². The first-order chi connectivity index (χ1) is 9.74. The molecule has 3 aromatic rings. The lowest BCUT2D eigenvalue weighted by atomic mass is 10.1. The Balaban J connectivity index is 0.000000704. The minimum atomic E-state index is 0.619. The Morgan fingerprint density at radius 3 is 2.45 bits per heavy atom. The lowest BCUT2D eigenvalue weighted by molar-refractivity contribution is 1.29. The molecule has 1 heterocycles. The second-order valence-corrected chi connectivity index (χ2v) is 4.39. The van der Waals surface area contributed by atoms with Crippen molar-refractivity contribution < 1.29 is 0 Å². The summed E-state index contributed by atoms with van der Waals surface area (Å²) in [5, 5.41) is 0.619. The Bertz CT molecular complexity index is 726. The maximum Gasteiger partial charge on any atom is 0.0908 e. The third-order valence-corrected chi connectivity index (χ3v) is 3.04. The third-order valence-electron chi connectivity index (χ3n) is 2.71. The predicted octanol–water partition coefficient (Wildman–Crippen LogP) is 4.56. The zero-order valence-corrected chi connectivity index (χ0v) is 12.2. The topological polar surface area (TPSA) is 51.8 Å². The van der Waals surface area contributed by atoms with Crippen LogP contribution in [0.5, 0.6) is 0 Å². The van der Waals surface area contributed by atoms with E-state index in [2.05, 4.69) is 9.97 Å². The van der Waals surface area contributed by atoms with Crippen LogP contribution in [-0.4, -0.2) is 9.97 Å². The number of aromatic nitrogens is 2. The van der Waals surface area contributed by atoms with Crippen LogP contribution in [0, 0.1) is 0 Å². The summed E-state index contributed by atoms with van der Waals surface area (Å²) in [6.07, 6.45) is 1.71. The molecule has 0 bridgehead atoms. The minimum Gasteiger partial charge on any atom is -0.399 e. The summed E-state index contributed by atoms with van der Waals surface area (Å²) in [6.45, 7) is 4.00. The molecular weight excluding hydrogens is 270 g/mol. The molecule has 3 nitrogen and oxygen atoms in total. The second kappa shape index (κ2) is 6.35. The van der Waals surface area contributed by atoms with Crippen LogP contribution in [0.4, 0.5) is 5.69 Å². The van der Waals surface area contributed by atoms with Crippen LogP contribution in [0.1, 0.15) is 13.8 Å². The molecule has 0 atom stereocenters. The summed E-state index contributed by atoms with van der Waals surface area (Å²) < 4.78 is 0. The van der Waals surface area contributed by atoms with E-state index in [0.29, 0.717) is 10.7 Å². The number of anilines is 1. The van der Waals surface area contributed by atoms with E-state index in [4.69, 9.17) is 17.3 Å². The molecule has 0 saturated carbocycles. The molecule has 2 N–H and O–H groups in total. The fourth-order valence-electron chi connectivity index (χ4n) is 1.83. The fraction of sp³-hybridized carbons (Fsp3) is 0.125. The normalized spacial score (nSPS) is 9.95. The van der Waals surface area contributed by atoms with E-state index >= 15 is 0 Å². The molecule has 20 heavy (non-hydrogen) atoms. The van der Waals surface area contributed by atoms with Crippen molar-refractivity contribution in [3.05, 3.63) is 53.7 Å². The Labute approximate surface area is 123 Å². The van der Waals surface area contributed by atoms with Gasteiger partial charge < -0.3 is 5.73 Å². The molecule has 0 radical (unpaired) electrons. The number of nitrogens with zero attached hydrogens (tertiary/aromatic N) is 2. The molecule has 102 valence electrons. The minimum absolute atomic E-state index is 0.619. The molecule has 2 aromatic carbocycles. The van der Waals surface area contributed by atoms with Gasteiger partial charge in [-0.1, -0.05) is 37.6 Å². The van der Waals surface area contributed by atoms with Crippen molar-refractivity contribution in [2.24, 2.45) is 0 Å². The molecule has 0 saturated heterocycles. The van der Waals surface area contributed by atoms with E-state index in [1.54, 1.807) is 24.4 Å². The van der Waals surface area contributed by atoms with Crippen LogP contribution in [-0.2, 0) is 0 Å². The van der Waals surface area contributed by atoms with Crippen molar-refractivity contribution in [1.82, 2.24) is 9.97 Å². The lowest BCUT2D eigenvalue weighted by Gasteiger charge is -2.05. The van der Waals surface area contributed by atoms with Gasteiger partial charge in [-0.3, -0.25) is 4.98 Å². The number of benzene rings is 2. The monoisotopic (exact) mass is 285 g/mol. The molecule has 0 unspecified atom stereocenters. The van der Waals surface area contributed by atoms with Gasteiger partial charge in [0, 0.05) is 11.3 Å². The summed E-state index contributed by atoms with van der Waals surface area (Å²) >= 11 is 6.16. The number of rotatable bonds is 1. The predicted molar refractivity (Wildman–Crippen MR) is 85.7 cm³/mol. The lowest BCUT2D eigenvalue weighted by Crippen LogP contribution is -1.91. The summed E-state index contributed by atoms with van der Waals surface area (Å²) in [4.78, 5) is 8.91. The highest BCUT2D eigenvalue weighted by Gasteiger charge is 2.07. The van der Waals surface area contributed by atoms with Crippen LogP contribution in [0.2, 0.25) is 5.02 Å². The van der Waals surface area contributed by atoms with E-state index in [1.165, 1.54) is 0 Å². The molecular formula is C16H16ClN3. The standard InChI is InChI=1S/C14H10ClN3.C2H6/c15-11-6-5-9(16)7-10(11)14-8-17-12-3-1-2-4-13(12)18-14;1-2/h1-8H,16H2;1-2H3. The highest BCUT2D eigenvalue weighted by molar-refractivity contribution is 6.33. The number of nitrogens with two attached hydrogens (primary N) is 1. The van der Waals surface area contributed by atoms with E-state index in [0.717, 1.165) is 22.3 Å². The molecule has 0 aliphatic heterocycles. The molecule has 0 spiro atoms. The molecule has 0 aliphatic rings. The van der Waals surface area contributed by atoms with Gasteiger partial charge in [-0.2, -0.15) is 0 Å². The van der Waals surface area contributed by atoms with Gasteiger partial charge in [0.25, 0.3) is 0 Å². The van der Waals surface area contributed by atoms with Crippen molar-refractivity contribution in [3.63, 3.8) is 0 Å². The van der Waals surface area contributed by atoms with Gasteiger partial charge in [-0.05, 0) is 30.3 Å². The van der Waals surface area contributed by atoms with Crippen molar-refractivity contribution in [1.29, 1.82) is 0 Å². The average Bonchev–Trinajstić information content (AvgIpc) is 2.51. The van der Waals surface area contributed by atoms with Crippen LogP contribution in [0.25, 0.3) is 22.3 Å². The maximum atomic E-state index is 6.16. The van der Waals surface area contributed by atoms with Gasteiger partial charge in [0.1, 0.15) is 0 Å². The zero-order valence-electron chi connectivity index (χ0n) is 11.5. The molecule has 3 rings (SSSR count). The molecule has 0 aliphatic carbocycles. The van der Waals surface area contributed by atoms with Gasteiger partial charge in [-0.25, -0.2) is 4.98 Å².